The van der Waals surface area contributed by atoms with Gasteiger partial charge in [0.05, 0.1) is 0 Å². The number of halogens is 4. The number of piperazine rings is 1. The Bertz CT molecular complexity index is 787. The van der Waals surface area contributed by atoms with Crippen LogP contribution < -0.4 is 0 Å². The Morgan fingerprint density at radius 3 is 2.41 bits per heavy atom. The van der Waals surface area contributed by atoms with Gasteiger partial charge >= 0.3 is 0 Å². The lowest BCUT2D eigenvalue weighted by Gasteiger charge is -2.41. The van der Waals surface area contributed by atoms with Crippen LogP contribution in [0.4, 0.5) is 17.6 Å². The minimum absolute atomic E-state index is 0.000346. The van der Waals surface area contributed by atoms with E-state index in [0.29, 0.717) is 50.3 Å². The smallest absolute Gasteiger partial charge is 0.159 e. The first-order valence-electron chi connectivity index (χ1n) is 8.91. The highest BCUT2D eigenvalue weighted by molar-refractivity contribution is 5.19. The molecule has 0 radical (unpaired) electrons. The molecule has 2 aromatic rings. The van der Waals surface area contributed by atoms with Crippen LogP contribution in [-0.4, -0.2) is 47.2 Å². The third kappa shape index (κ3) is 5.06. The van der Waals surface area contributed by atoms with E-state index in [-0.39, 0.29) is 12.6 Å². The molecule has 0 saturated carbocycles. The van der Waals surface area contributed by atoms with E-state index in [9.17, 15) is 22.7 Å². The van der Waals surface area contributed by atoms with Crippen LogP contribution in [0, 0.1) is 23.3 Å². The summed E-state index contributed by atoms with van der Waals surface area (Å²) in [6, 6.07) is 7.40. The molecule has 0 aliphatic carbocycles. The van der Waals surface area contributed by atoms with Gasteiger partial charge in [0, 0.05) is 57.0 Å². The largest absolute Gasteiger partial charge is 0.396 e. The van der Waals surface area contributed by atoms with Crippen LogP contribution in [0.25, 0.3) is 0 Å². The molecule has 0 spiro atoms. The van der Waals surface area contributed by atoms with E-state index in [4.69, 9.17) is 0 Å². The maximum absolute atomic E-state index is 13.9. The Morgan fingerprint density at radius 1 is 0.889 bits per heavy atom. The fourth-order valence-electron chi connectivity index (χ4n) is 3.50. The van der Waals surface area contributed by atoms with Crippen molar-refractivity contribution < 1.29 is 22.7 Å². The van der Waals surface area contributed by atoms with Crippen LogP contribution in [0.2, 0.25) is 0 Å². The summed E-state index contributed by atoms with van der Waals surface area (Å²) in [6.07, 6.45) is 0.520. The normalized spacial score (nSPS) is 18.8. The predicted octanol–water partition coefficient (Wildman–Crippen LogP) is 3.31. The molecule has 146 valence electrons. The molecule has 0 bridgehead atoms. The van der Waals surface area contributed by atoms with E-state index in [1.54, 1.807) is 6.07 Å². The van der Waals surface area contributed by atoms with E-state index >= 15 is 0 Å². The first-order valence-corrected chi connectivity index (χ1v) is 8.91. The Kier molecular flexibility index (Phi) is 6.46. The lowest BCUT2D eigenvalue weighted by atomic mass is 10.1. The highest BCUT2D eigenvalue weighted by Crippen LogP contribution is 2.20. The van der Waals surface area contributed by atoms with Crippen molar-refractivity contribution in [3.63, 3.8) is 0 Å². The van der Waals surface area contributed by atoms with Crippen LogP contribution in [0.3, 0.4) is 0 Å². The van der Waals surface area contributed by atoms with Crippen molar-refractivity contribution in [2.24, 2.45) is 0 Å². The van der Waals surface area contributed by atoms with Gasteiger partial charge in [0.15, 0.2) is 11.6 Å². The summed E-state index contributed by atoms with van der Waals surface area (Å²) in [6.45, 7) is 2.70. The van der Waals surface area contributed by atoms with Gasteiger partial charge in [0.1, 0.15) is 11.6 Å². The SMILES string of the molecule is OCC[C@H]1CN(Cc2ccc(F)cc2F)CCN1Cc1ccc(F)c(F)c1. The van der Waals surface area contributed by atoms with Gasteiger partial charge < -0.3 is 5.11 Å². The first-order chi connectivity index (χ1) is 13.0. The zero-order valence-electron chi connectivity index (χ0n) is 14.8. The summed E-state index contributed by atoms with van der Waals surface area (Å²) in [5, 5.41) is 9.38. The Hall–Kier alpha value is -1.96. The van der Waals surface area contributed by atoms with E-state index in [1.165, 1.54) is 18.2 Å². The maximum atomic E-state index is 13.9. The summed E-state index contributed by atoms with van der Waals surface area (Å²) < 4.78 is 53.5. The van der Waals surface area contributed by atoms with E-state index < -0.39 is 23.3 Å². The van der Waals surface area contributed by atoms with Gasteiger partial charge in [-0.15, -0.1) is 0 Å². The highest BCUT2D eigenvalue weighted by Gasteiger charge is 2.27. The van der Waals surface area contributed by atoms with Crippen LogP contribution in [0.1, 0.15) is 17.5 Å². The third-order valence-corrected chi connectivity index (χ3v) is 4.93. The molecule has 2 aromatic carbocycles. The van der Waals surface area contributed by atoms with Crippen molar-refractivity contribution in [3.05, 3.63) is 70.8 Å². The molecule has 1 N–H and O–H groups in total. The molecule has 1 aliphatic heterocycles. The summed E-state index contributed by atoms with van der Waals surface area (Å²) in [4.78, 5) is 4.17. The van der Waals surface area contributed by atoms with Crippen molar-refractivity contribution in [1.82, 2.24) is 9.80 Å². The second-order valence-corrected chi connectivity index (χ2v) is 6.86. The van der Waals surface area contributed by atoms with Crippen molar-refractivity contribution in [1.29, 1.82) is 0 Å². The topological polar surface area (TPSA) is 26.7 Å². The summed E-state index contributed by atoms with van der Waals surface area (Å²) in [7, 11) is 0. The fraction of sp³-hybridized carbons (Fsp3) is 0.400. The van der Waals surface area contributed by atoms with Gasteiger partial charge in [-0.3, -0.25) is 9.80 Å². The molecule has 27 heavy (non-hydrogen) atoms. The standard InChI is InChI=1S/C20H22F4N2O/c21-16-3-2-15(19(23)10-16)12-25-6-7-26(17(13-25)5-8-27)11-14-1-4-18(22)20(24)9-14/h1-4,9-10,17,27H,5-8,11-13H2/t17-/m0/s1. The first kappa shape index (κ1) is 19.8. The average Bonchev–Trinajstić information content (AvgIpc) is 2.63. The summed E-state index contributed by atoms with van der Waals surface area (Å²) >= 11 is 0. The number of nitrogens with zero attached hydrogens (tertiary/aromatic N) is 2. The molecule has 1 heterocycles. The van der Waals surface area contributed by atoms with Gasteiger partial charge in [0.25, 0.3) is 0 Å². The molecular weight excluding hydrogens is 360 g/mol. The molecule has 0 amide bonds. The lowest BCUT2D eigenvalue weighted by Crippen LogP contribution is -2.52. The monoisotopic (exact) mass is 382 g/mol. The van der Waals surface area contributed by atoms with E-state index in [2.05, 4.69) is 9.80 Å². The molecular formula is C20H22F4N2O. The minimum Gasteiger partial charge on any atom is -0.396 e. The molecule has 1 saturated heterocycles. The number of rotatable bonds is 6. The van der Waals surface area contributed by atoms with E-state index in [0.717, 1.165) is 12.1 Å². The Labute approximate surface area is 155 Å². The second kappa shape index (κ2) is 8.82. The fourth-order valence-corrected chi connectivity index (χ4v) is 3.50. The van der Waals surface area contributed by atoms with Gasteiger partial charge in [0.2, 0.25) is 0 Å². The van der Waals surface area contributed by atoms with Gasteiger partial charge in [-0.05, 0) is 30.2 Å². The number of hydrogen-bond donors (Lipinski definition) is 1. The summed E-state index contributed by atoms with van der Waals surface area (Å²) in [5.74, 6) is -2.93. The molecule has 3 nitrogen and oxygen atoms in total. The third-order valence-electron chi connectivity index (χ3n) is 4.93. The van der Waals surface area contributed by atoms with Crippen molar-refractivity contribution in [2.45, 2.75) is 25.6 Å². The quantitative estimate of drug-likeness (QED) is 0.777. The molecule has 0 aromatic heterocycles. The Morgan fingerprint density at radius 2 is 1.70 bits per heavy atom. The second-order valence-electron chi connectivity index (χ2n) is 6.86. The minimum atomic E-state index is -0.878. The van der Waals surface area contributed by atoms with Gasteiger partial charge in [-0.25, -0.2) is 17.6 Å². The van der Waals surface area contributed by atoms with Crippen LogP contribution in [0.15, 0.2) is 36.4 Å². The number of aliphatic hydroxyl groups is 1. The number of aliphatic hydroxyl groups excluding tert-OH is 1. The lowest BCUT2D eigenvalue weighted by molar-refractivity contribution is 0.0494. The van der Waals surface area contributed by atoms with Crippen LogP contribution >= 0.6 is 0 Å². The number of hydrogen-bond acceptors (Lipinski definition) is 3. The molecule has 1 atom stereocenters. The van der Waals surface area contributed by atoms with Crippen LogP contribution in [-0.2, 0) is 13.1 Å². The van der Waals surface area contributed by atoms with Gasteiger partial charge in [-0.2, -0.15) is 0 Å². The molecule has 7 heteroatoms. The number of benzene rings is 2. The van der Waals surface area contributed by atoms with Gasteiger partial charge in [-0.1, -0.05) is 12.1 Å². The Balaban J connectivity index is 1.66. The summed E-state index contributed by atoms with van der Waals surface area (Å²) in [5.41, 5.74) is 1.09. The average molecular weight is 382 g/mol. The van der Waals surface area contributed by atoms with Crippen LogP contribution in [0.5, 0.6) is 0 Å². The zero-order valence-corrected chi connectivity index (χ0v) is 14.8. The van der Waals surface area contributed by atoms with Crippen molar-refractivity contribution >= 4 is 0 Å². The molecule has 3 rings (SSSR count). The molecule has 1 aliphatic rings. The highest BCUT2D eigenvalue weighted by atomic mass is 19.2. The molecule has 1 fully saturated rings. The zero-order chi connectivity index (χ0) is 19.4. The van der Waals surface area contributed by atoms with E-state index in [1.807, 2.05) is 0 Å². The molecule has 0 unspecified atom stereocenters. The van der Waals surface area contributed by atoms with Crippen molar-refractivity contribution in [3.8, 4) is 0 Å². The van der Waals surface area contributed by atoms with Crippen molar-refractivity contribution in [2.75, 3.05) is 26.2 Å². The maximum Gasteiger partial charge on any atom is 0.159 e. The predicted molar refractivity (Wildman–Crippen MR) is 93.9 cm³/mol.